The Bertz CT molecular complexity index is 734. The number of amides is 1. The Labute approximate surface area is 158 Å². The highest BCUT2D eigenvalue weighted by atomic mass is 16.5. The van der Waals surface area contributed by atoms with Gasteiger partial charge in [-0.3, -0.25) is 4.79 Å². The monoisotopic (exact) mass is 372 g/mol. The van der Waals surface area contributed by atoms with Gasteiger partial charge in [-0.2, -0.15) is 0 Å². The Morgan fingerprint density at radius 2 is 2.07 bits per heavy atom. The number of carbonyl (C=O) groups is 1. The van der Waals surface area contributed by atoms with E-state index in [9.17, 15) is 4.79 Å². The smallest absolute Gasteiger partial charge is 0.252 e. The second kappa shape index (κ2) is 9.67. The topological polar surface area (TPSA) is 102 Å². The Morgan fingerprint density at radius 1 is 1.22 bits per heavy atom. The van der Waals surface area contributed by atoms with Gasteiger partial charge in [-0.15, -0.1) is 0 Å². The molecule has 0 aromatic carbocycles. The quantitative estimate of drug-likeness (QED) is 0.661. The molecule has 3 rings (SSSR count). The number of nitrogens with zero attached hydrogens (tertiary/aromatic N) is 4. The lowest BCUT2D eigenvalue weighted by Crippen LogP contribution is -2.36. The molecule has 1 amide bonds. The first-order valence-corrected chi connectivity index (χ1v) is 9.02. The molecule has 0 bridgehead atoms. The minimum atomic E-state index is -0.177. The van der Waals surface area contributed by atoms with Gasteiger partial charge in [-0.25, -0.2) is 15.0 Å². The summed E-state index contributed by atoms with van der Waals surface area (Å²) in [6.07, 6.45) is 3.05. The molecule has 144 valence electrons. The Morgan fingerprint density at radius 3 is 2.81 bits per heavy atom. The molecule has 1 aliphatic heterocycles. The molecule has 0 aliphatic carbocycles. The van der Waals surface area contributed by atoms with Crippen molar-refractivity contribution in [2.45, 2.75) is 6.92 Å². The second-order valence-corrected chi connectivity index (χ2v) is 5.86. The SMILES string of the molecule is CCOc1ccc(C(=O)NCCNc2cc(N3CCOCC3)ncn2)cn1. The zero-order chi connectivity index (χ0) is 18.9. The van der Waals surface area contributed by atoms with Crippen molar-refractivity contribution in [2.75, 3.05) is 56.2 Å². The van der Waals surface area contributed by atoms with Crippen LogP contribution in [0.1, 0.15) is 17.3 Å². The van der Waals surface area contributed by atoms with E-state index in [0.717, 1.165) is 24.7 Å². The van der Waals surface area contributed by atoms with Gasteiger partial charge in [0.05, 0.1) is 25.4 Å². The highest BCUT2D eigenvalue weighted by Gasteiger charge is 2.13. The second-order valence-electron chi connectivity index (χ2n) is 5.86. The molecule has 0 unspecified atom stereocenters. The summed E-state index contributed by atoms with van der Waals surface area (Å²) in [5.74, 6) is 1.93. The van der Waals surface area contributed by atoms with E-state index in [1.807, 2.05) is 13.0 Å². The van der Waals surface area contributed by atoms with Gasteiger partial charge in [0, 0.05) is 44.5 Å². The van der Waals surface area contributed by atoms with Crippen LogP contribution < -0.4 is 20.3 Å². The normalized spacial score (nSPS) is 13.9. The largest absolute Gasteiger partial charge is 0.478 e. The Kier molecular flexibility index (Phi) is 6.75. The van der Waals surface area contributed by atoms with Gasteiger partial charge in [0.2, 0.25) is 5.88 Å². The molecule has 0 radical (unpaired) electrons. The molecule has 9 heteroatoms. The maximum atomic E-state index is 12.1. The minimum Gasteiger partial charge on any atom is -0.478 e. The number of carbonyl (C=O) groups excluding carboxylic acids is 1. The first-order chi connectivity index (χ1) is 13.3. The number of rotatable bonds is 8. The van der Waals surface area contributed by atoms with Crippen LogP contribution in [0.2, 0.25) is 0 Å². The molecule has 9 nitrogen and oxygen atoms in total. The Hall–Kier alpha value is -2.94. The van der Waals surface area contributed by atoms with Crippen molar-refractivity contribution >= 4 is 17.5 Å². The highest BCUT2D eigenvalue weighted by Crippen LogP contribution is 2.15. The third-order valence-corrected chi connectivity index (χ3v) is 4.00. The summed E-state index contributed by atoms with van der Waals surface area (Å²) in [5, 5.41) is 6.04. The van der Waals surface area contributed by atoms with Crippen molar-refractivity contribution in [3.05, 3.63) is 36.3 Å². The number of nitrogens with one attached hydrogen (secondary N) is 2. The van der Waals surface area contributed by atoms with Crippen molar-refractivity contribution < 1.29 is 14.3 Å². The van der Waals surface area contributed by atoms with E-state index in [1.54, 1.807) is 12.1 Å². The van der Waals surface area contributed by atoms with Crippen LogP contribution in [-0.4, -0.2) is 66.9 Å². The van der Waals surface area contributed by atoms with Crippen molar-refractivity contribution in [3.63, 3.8) is 0 Å². The summed E-state index contributed by atoms with van der Waals surface area (Å²) in [6.45, 7) is 6.50. The van der Waals surface area contributed by atoms with Gasteiger partial charge in [0.25, 0.3) is 5.91 Å². The summed E-state index contributed by atoms with van der Waals surface area (Å²) >= 11 is 0. The zero-order valence-corrected chi connectivity index (χ0v) is 15.4. The highest BCUT2D eigenvalue weighted by molar-refractivity contribution is 5.93. The lowest BCUT2D eigenvalue weighted by atomic mass is 10.2. The van der Waals surface area contributed by atoms with Gasteiger partial charge in [0.15, 0.2) is 0 Å². The maximum absolute atomic E-state index is 12.1. The van der Waals surface area contributed by atoms with E-state index in [-0.39, 0.29) is 5.91 Å². The van der Waals surface area contributed by atoms with Crippen molar-refractivity contribution in [2.24, 2.45) is 0 Å². The number of morpholine rings is 1. The molecule has 0 saturated carbocycles. The number of hydrogen-bond acceptors (Lipinski definition) is 8. The molecule has 2 aromatic heterocycles. The van der Waals surface area contributed by atoms with Crippen LogP contribution in [0.25, 0.3) is 0 Å². The number of hydrogen-bond donors (Lipinski definition) is 2. The molecular formula is C18H24N6O3. The number of anilines is 2. The third-order valence-electron chi connectivity index (χ3n) is 4.00. The summed E-state index contributed by atoms with van der Waals surface area (Å²) < 4.78 is 10.6. The van der Waals surface area contributed by atoms with E-state index in [0.29, 0.717) is 44.4 Å². The molecule has 3 heterocycles. The molecule has 0 spiro atoms. The van der Waals surface area contributed by atoms with Crippen LogP contribution in [0.5, 0.6) is 5.88 Å². The molecule has 1 aliphatic rings. The number of aromatic nitrogens is 3. The van der Waals surface area contributed by atoms with Crippen molar-refractivity contribution in [3.8, 4) is 5.88 Å². The molecule has 2 N–H and O–H groups in total. The summed E-state index contributed by atoms with van der Waals surface area (Å²) in [6, 6.07) is 5.29. The number of pyridine rings is 1. The van der Waals surface area contributed by atoms with Crippen LogP contribution in [0, 0.1) is 0 Å². The van der Waals surface area contributed by atoms with E-state index >= 15 is 0 Å². The van der Waals surface area contributed by atoms with Gasteiger partial charge in [-0.05, 0) is 13.0 Å². The van der Waals surface area contributed by atoms with Crippen molar-refractivity contribution in [1.82, 2.24) is 20.3 Å². The molecule has 27 heavy (non-hydrogen) atoms. The first kappa shape index (κ1) is 18.8. The van der Waals surface area contributed by atoms with E-state index < -0.39 is 0 Å². The standard InChI is InChI=1S/C18H24N6O3/c1-2-27-17-4-3-14(12-21-17)18(25)20-6-5-19-15-11-16(23-13-22-15)24-7-9-26-10-8-24/h3-4,11-13H,2,5-10H2,1H3,(H,20,25)(H,19,22,23). The van der Waals surface area contributed by atoms with Gasteiger partial charge < -0.3 is 25.0 Å². The van der Waals surface area contributed by atoms with Crippen LogP contribution in [0.15, 0.2) is 30.7 Å². The van der Waals surface area contributed by atoms with Gasteiger partial charge >= 0.3 is 0 Å². The predicted octanol–water partition coefficient (Wildman–Crippen LogP) is 0.949. The van der Waals surface area contributed by atoms with E-state index in [1.165, 1.54) is 12.5 Å². The molecule has 1 saturated heterocycles. The third kappa shape index (κ3) is 5.52. The molecule has 0 atom stereocenters. The fourth-order valence-corrected chi connectivity index (χ4v) is 2.63. The van der Waals surface area contributed by atoms with E-state index in [4.69, 9.17) is 9.47 Å². The zero-order valence-electron chi connectivity index (χ0n) is 15.4. The van der Waals surface area contributed by atoms with E-state index in [2.05, 4.69) is 30.5 Å². The fraction of sp³-hybridized carbons (Fsp3) is 0.444. The van der Waals surface area contributed by atoms with Crippen molar-refractivity contribution in [1.29, 1.82) is 0 Å². The average molecular weight is 372 g/mol. The Balaban J connectivity index is 1.43. The van der Waals surface area contributed by atoms with Gasteiger partial charge in [0.1, 0.15) is 18.0 Å². The average Bonchev–Trinajstić information content (AvgIpc) is 2.73. The van der Waals surface area contributed by atoms with Crippen LogP contribution in [0.4, 0.5) is 11.6 Å². The lowest BCUT2D eigenvalue weighted by Gasteiger charge is -2.27. The minimum absolute atomic E-state index is 0.177. The molecule has 2 aromatic rings. The van der Waals surface area contributed by atoms with Gasteiger partial charge in [-0.1, -0.05) is 0 Å². The maximum Gasteiger partial charge on any atom is 0.252 e. The summed E-state index contributed by atoms with van der Waals surface area (Å²) in [7, 11) is 0. The van der Waals surface area contributed by atoms with Crippen LogP contribution in [0.3, 0.4) is 0 Å². The predicted molar refractivity (Wildman–Crippen MR) is 101 cm³/mol. The lowest BCUT2D eigenvalue weighted by molar-refractivity contribution is 0.0954. The summed E-state index contributed by atoms with van der Waals surface area (Å²) in [4.78, 5) is 26.9. The molecular weight excluding hydrogens is 348 g/mol. The van der Waals surface area contributed by atoms with Crippen LogP contribution in [-0.2, 0) is 4.74 Å². The van der Waals surface area contributed by atoms with Crippen LogP contribution >= 0.6 is 0 Å². The fourth-order valence-electron chi connectivity index (χ4n) is 2.63. The molecule has 1 fully saturated rings. The number of ether oxygens (including phenoxy) is 2. The summed E-state index contributed by atoms with van der Waals surface area (Å²) in [5.41, 5.74) is 0.495. The first-order valence-electron chi connectivity index (χ1n) is 9.02.